The maximum absolute atomic E-state index is 12.9. The average molecular weight is 282 g/mol. The average Bonchev–Trinajstić information content (AvgIpc) is 2.45. The van der Waals surface area contributed by atoms with Crippen LogP contribution in [0.2, 0.25) is 0 Å². The number of aromatic nitrogens is 2. The minimum atomic E-state index is -4.48. The third kappa shape index (κ3) is 3.11. The zero-order valence-corrected chi connectivity index (χ0v) is 10.1. The number of alkyl halides is 3. The van der Waals surface area contributed by atoms with E-state index >= 15 is 0 Å². The molecule has 7 heteroatoms. The standard InChI is InChI=1S/C13H9F3N2O2/c14-13(15,16)11-4-2-1-3-10(11)12-17-7-9(8-18-12)20-6-5-19/h1-5,7-8H,6H2. The molecule has 104 valence electrons. The molecule has 0 amide bonds. The Morgan fingerprint density at radius 2 is 1.80 bits per heavy atom. The summed E-state index contributed by atoms with van der Waals surface area (Å²) in [6.45, 7) is -0.165. The first-order chi connectivity index (χ1) is 9.52. The lowest BCUT2D eigenvalue weighted by molar-refractivity contribution is -0.137. The van der Waals surface area contributed by atoms with Gasteiger partial charge in [0.25, 0.3) is 0 Å². The second-order valence-corrected chi connectivity index (χ2v) is 3.76. The maximum Gasteiger partial charge on any atom is 0.417 e. The lowest BCUT2D eigenvalue weighted by Gasteiger charge is -2.11. The number of benzene rings is 1. The SMILES string of the molecule is O=CCOc1cnc(-c2ccccc2C(F)(F)F)nc1. The van der Waals surface area contributed by atoms with E-state index in [9.17, 15) is 18.0 Å². The Bertz CT molecular complexity index is 597. The minimum absolute atomic E-state index is 0.0589. The molecule has 0 fully saturated rings. The van der Waals surface area contributed by atoms with Gasteiger partial charge in [0.05, 0.1) is 18.0 Å². The summed E-state index contributed by atoms with van der Waals surface area (Å²) in [6, 6.07) is 5.04. The van der Waals surface area contributed by atoms with Gasteiger partial charge >= 0.3 is 6.18 Å². The number of rotatable bonds is 4. The predicted molar refractivity (Wildman–Crippen MR) is 64.0 cm³/mol. The lowest BCUT2D eigenvalue weighted by atomic mass is 10.1. The molecule has 0 radical (unpaired) electrons. The van der Waals surface area contributed by atoms with Crippen molar-refractivity contribution in [2.45, 2.75) is 6.18 Å². The van der Waals surface area contributed by atoms with Crippen LogP contribution in [-0.4, -0.2) is 22.9 Å². The lowest BCUT2D eigenvalue weighted by Crippen LogP contribution is -2.08. The van der Waals surface area contributed by atoms with E-state index in [1.54, 1.807) is 0 Å². The fourth-order valence-electron chi connectivity index (χ4n) is 1.59. The number of nitrogens with zero attached hydrogens (tertiary/aromatic N) is 2. The first-order valence-corrected chi connectivity index (χ1v) is 5.57. The fourth-order valence-corrected chi connectivity index (χ4v) is 1.59. The normalized spacial score (nSPS) is 11.2. The van der Waals surface area contributed by atoms with E-state index in [4.69, 9.17) is 4.74 Å². The highest BCUT2D eigenvalue weighted by Gasteiger charge is 2.33. The Morgan fingerprint density at radius 1 is 1.15 bits per heavy atom. The van der Waals surface area contributed by atoms with Crippen LogP contribution in [0.25, 0.3) is 11.4 Å². The van der Waals surface area contributed by atoms with Crippen LogP contribution in [0.5, 0.6) is 5.75 Å². The molecule has 4 nitrogen and oxygen atoms in total. The van der Waals surface area contributed by atoms with Crippen molar-refractivity contribution in [3.63, 3.8) is 0 Å². The van der Waals surface area contributed by atoms with E-state index in [0.717, 1.165) is 6.07 Å². The summed E-state index contributed by atoms with van der Waals surface area (Å²) in [5.74, 6) is 0.154. The van der Waals surface area contributed by atoms with Crippen LogP contribution in [-0.2, 0) is 11.0 Å². The number of halogens is 3. The van der Waals surface area contributed by atoms with Crippen molar-refractivity contribution in [1.29, 1.82) is 0 Å². The molecule has 1 heterocycles. The van der Waals surface area contributed by atoms with Crippen LogP contribution >= 0.6 is 0 Å². The molecule has 1 aromatic carbocycles. The van der Waals surface area contributed by atoms with Crippen molar-refractivity contribution in [2.24, 2.45) is 0 Å². The van der Waals surface area contributed by atoms with Gasteiger partial charge < -0.3 is 4.74 Å². The van der Waals surface area contributed by atoms with Crippen molar-refractivity contribution in [3.05, 3.63) is 42.2 Å². The maximum atomic E-state index is 12.9. The summed E-state index contributed by atoms with van der Waals surface area (Å²) in [4.78, 5) is 17.8. The molecule has 0 N–H and O–H groups in total. The van der Waals surface area contributed by atoms with Gasteiger partial charge in [-0.05, 0) is 6.07 Å². The Hall–Kier alpha value is -2.44. The number of hydrogen-bond donors (Lipinski definition) is 0. The summed E-state index contributed by atoms with van der Waals surface area (Å²) in [5, 5.41) is 0. The largest absolute Gasteiger partial charge is 0.483 e. The van der Waals surface area contributed by atoms with E-state index in [1.807, 2.05) is 0 Å². The first-order valence-electron chi connectivity index (χ1n) is 5.57. The molecule has 0 aliphatic carbocycles. The second-order valence-electron chi connectivity index (χ2n) is 3.76. The van der Waals surface area contributed by atoms with Crippen LogP contribution in [0.4, 0.5) is 13.2 Å². The fraction of sp³-hybridized carbons (Fsp3) is 0.154. The molecule has 0 aliphatic rings. The topological polar surface area (TPSA) is 52.1 Å². The van der Waals surface area contributed by atoms with E-state index in [1.165, 1.54) is 30.6 Å². The van der Waals surface area contributed by atoms with Gasteiger partial charge in [-0.2, -0.15) is 13.2 Å². The van der Waals surface area contributed by atoms with Crippen LogP contribution in [0, 0.1) is 0 Å². The number of aldehydes is 1. The molecule has 0 saturated carbocycles. The zero-order valence-electron chi connectivity index (χ0n) is 10.1. The quantitative estimate of drug-likeness (QED) is 0.809. The van der Waals surface area contributed by atoms with Crippen LogP contribution in [0.15, 0.2) is 36.7 Å². The van der Waals surface area contributed by atoms with Crippen molar-refractivity contribution < 1.29 is 22.7 Å². The summed E-state index contributed by atoms with van der Waals surface area (Å²) >= 11 is 0. The summed E-state index contributed by atoms with van der Waals surface area (Å²) in [5.41, 5.74) is -0.913. The molecule has 0 spiro atoms. The molecular weight excluding hydrogens is 273 g/mol. The first kappa shape index (κ1) is 14.0. The van der Waals surface area contributed by atoms with Gasteiger partial charge in [0.2, 0.25) is 0 Å². The smallest absolute Gasteiger partial charge is 0.417 e. The Labute approximate surface area is 112 Å². The number of hydrogen-bond acceptors (Lipinski definition) is 4. The van der Waals surface area contributed by atoms with Gasteiger partial charge in [-0.3, -0.25) is 4.79 Å². The molecule has 1 aromatic heterocycles. The van der Waals surface area contributed by atoms with Gasteiger partial charge in [-0.1, -0.05) is 18.2 Å². The molecule has 0 unspecified atom stereocenters. The van der Waals surface area contributed by atoms with Gasteiger partial charge in [-0.15, -0.1) is 0 Å². The number of carbonyl (C=O) groups excluding carboxylic acids is 1. The Kier molecular flexibility index (Phi) is 3.97. The van der Waals surface area contributed by atoms with Crippen molar-refractivity contribution in [1.82, 2.24) is 9.97 Å². The van der Waals surface area contributed by atoms with Crippen LogP contribution in [0.3, 0.4) is 0 Å². The minimum Gasteiger partial charge on any atom is -0.483 e. The van der Waals surface area contributed by atoms with E-state index in [0.29, 0.717) is 6.29 Å². The predicted octanol–water partition coefficient (Wildman–Crippen LogP) is 2.74. The van der Waals surface area contributed by atoms with Crippen molar-refractivity contribution in [2.75, 3.05) is 6.61 Å². The third-order valence-corrected chi connectivity index (χ3v) is 2.42. The molecule has 0 bridgehead atoms. The van der Waals surface area contributed by atoms with Crippen LogP contribution < -0.4 is 4.74 Å². The van der Waals surface area contributed by atoms with E-state index in [2.05, 4.69) is 9.97 Å². The van der Waals surface area contributed by atoms with Gasteiger partial charge in [0.1, 0.15) is 6.61 Å². The van der Waals surface area contributed by atoms with E-state index in [-0.39, 0.29) is 23.7 Å². The highest BCUT2D eigenvalue weighted by atomic mass is 19.4. The van der Waals surface area contributed by atoms with Gasteiger partial charge in [0.15, 0.2) is 17.9 Å². The number of carbonyl (C=O) groups is 1. The Balaban J connectivity index is 2.35. The molecule has 2 rings (SSSR count). The molecule has 0 aliphatic heterocycles. The monoisotopic (exact) mass is 282 g/mol. The van der Waals surface area contributed by atoms with Crippen molar-refractivity contribution in [3.8, 4) is 17.1 Å². The highest BCUT2D eigenvalue weighted by Crippen LogP contribution is 2.35. The third-order valence-electron chi connectivity index (χ3n) is 2.42. The second kappa shape index (κ2) is 5.68. The number of ether oxygens (including phenoxy) is 1. The summed E-state index contributed by atoms with van der Waals surface area (Å²) in [7, 11) is 0. The molecule has 0 atom stereocenters. The zero-order chi connectivity index (χ0) is 14.6. The van der Waals surface area contributed by atoms with Gasteiger partial charge in [0, 0.05) is 5.56 Å². The van der Waals surface area contributed by atoms with E-state index < -0.39 is 11.7 Å². The molecule has 2 aromatic rings. The summed E-state index contributed by atoms with van der Waals surface area (Å²) in [6.07, 6.45) is -1.49. The molecule has 20 heavy (non-hydrogen) atoms. The summed E-state index contributed by atoms with van der Waals surface area (Å²) < 4.78 is 43.5. The molecule has 0 saturated heterocycles. The molecular formula is C13H9F3N2O2. The Morgan fingerprint density at radius 3 is 2.40 bits per heavy atom. The van der Waals surface area contributed by atoms with Gasteiger partial charge in [-0.25, -0.2) is 9.97 Å². The van der Waals surface area contributed by atoms with Crippen LogP contribution in [0.1, 0.15) is 5.56 Å². The van der Waals surface area contributed by atoms with Crippen molar-refractivity contribution >= 4 is 6.29 Å². The highest BCUT2D eigenvalue weighted by molar-refractivity contribution is 5.61.